The highest BCUT2D eigenvalue weighted by atomic mass is 16.4. The fraction of sp³-hybridized carbons (Fsp3) is 0.900. The van der Waals surface area contributed by atoms with Gasteiger partial charge in [0.1, 0.15) is 6.04 Å². The number of rotatable bonds is 5. The minimum absolute atomic E-state index is 0.496. The maximum atomic E-state index is 10.5. The van der Waals surface area contributed by atoms with Gasteiger partial charge in [-0.05, 0) is 25.3 Å². The maximum Gasteiger partial charge on any atom is 0.321 e. The predicted molar refractivity (Wildman–Crippen MR) is 55.1 cm³/mol. The Morgan fingerprint density at radius 1 is 1.71 bits per heavy atom. The van der Waals surface area contributed by atoms with Gasteiger partial charge in [-0.15, -0.1) is 0 Å². The van der Waals surface area contributed by atoms with Crippen LogP contribution in [0.25, 0.3) is 0 Å². The molecule has 0 aromatic rings. The molecule has 0 bridgehead atoms. The number of carboxylic acids is 1. The van der Waals surface area contributed by atoms with Gasteiger partial charge in [0.05, 0.1) is 0 Å². The van der Waals surface area contributed by atoms with E-state index in [1.807, 2.05) is 0 Å². The van der Waals surface area contributed by atoms with E-state index in [0.29, 0.717) is 6.54 Å². The van der Waals surface area contributed by atoms with Crippen molar-refractivity contribution >= 4 is 5.97 Å². The lowest BCUT2D eigenvalue weighted by Crippen LogP contribution is -2.41. The predicted octanol–water partition coefficient (Wildman–Crippen LogP) is 0.520. The van der Waals surface area contributed by atoms with Gasteiger partial charge in [-0.25, -0.2) is 0 Å². The number of carbonyl (C=O) groups is 1. The molecule has 2 atom stereocenters. The average molecular weight is 200 g/mol. The average Bonchev–Trinajstić information content (AvgIpc) is 2.53. The van der Waals surface area contributed by atoms with Crippen LogP contribution < -0.4 is 5.73 Å². The first-order valence-electron chi connectivity index (χ1n) is 5.34. The second-order valence-electron chi connectivity index (χ2n) is 4.15. The second-order valence-corrected chi connectivity index (χ2v) is 4.15. The highest BCUT2D eigenvalue weighted by molar-refractivity contribution is 5.73. The Morgan fingerprint density at radius 2 is 2.43 bits per heavy atom. The number of aliphatic carboxylic acids is 1. The van der Waals surface area contributed by atoms with Crippen LogP contribution in [0.2, 0.25) is 0 Å². The summed E-state index contributed by atoms with van der Waals surface area (Å²) in [5.74, 6) is -0.148. The third-order valence-corrected chi connectivity index (χ3v) is 2.84. The number of carboxylic acid groups (broad SMARTS) is 1. The van der Waals surface area contributed by atoms with Crippen molar-refractivity contribution in [1.29, 1.82) is 0 Å². The first kappa shape index (κ1) is 11.5. The van der Waals surface area contributed by atoms with Crippen LogP contribution in [0.5, 0.6) is 0 Å². The van der Waals surface area contributed by atoms with Crippen molar-refractivity contribution in [2.24, 2.45) is 11.7 Å². The smallest absolute Gasteiger partial charge is 0.321 e. The number of likely N-dealkylation sites (tertiary alicyclic amines) is 1. The molecule has 3 N–H and O–H groups in total. The molecule has 4 nitrogen and oxygen atoms in total. The lowest BCUT2D eigenvalue weighted by molar-refractivity contribution is -0.138. The van der Waals surface area contributed by atoms with Crippen LogP contribution in [0.3, 0.4) is 0 Å². The van der Waals surface area contributed by atoms with Crippen LogP contribution in [0.4, 0.5) is 0 Å². The van der Waals surface area contributed by atoms with Crippen LogP contribution in [-0.2, 0) is 4.79 Å². The summed E-state index contributed by atoms with van der Waals surface area (Å²) in [7, 11) is 0. The minimum Gasteiger partial charge on any atom is -0.480 e. The molecule has 0 aliphatic carbocycles. The Balaban J connectivity index is 2.25. The van der Waals surface area contributed by atoms with Crippen molar-refractivity contribution in [2.75, 3.05) is 19.6 Å². The van der Waals surface area contributed by atoms with E-state index >= 15 is 0 Å². The zero-order valence-corrected chi connectivity index (χ0v) is 8.78. The minimum atomic E-state index is -0.899. The SMILES string of the molecule is CCCC1CCN(CC(N)C(=O)O)C1. The second kappa shape index (κ2) is 5.32. The summed E-state index contributed by atoms with van der Waals surface area (Å²) < 4.78 is 0. The van der Waals surface area contributed by atoms with E-state index in [1.54, 1.807) is 0 Å². The van der Waals surface area contributed by atoms with Crippen LogP contribution in [0.15, 0.2) is 0 Å². The largest absolute Gasteiger partial charge is 0.480 e. The van der Waals surface area contributed by atoms with Gasteiger partial charge in [-0.1, -0.05) is 13.3 Å². The molecule has 1 fully saturated rings. The van der Waals surface area contributed by atoms with E-state index in [2.05, 4.69) is 11.8 Å². The molecule has 1 heterocycles. The molecule has 0 aromatic heterocycles. The zero-order valence-electron chi connectivity index (χ0n) is 8.78. The fourth-order valence-electron chi connectivity index (χ4n) is 2.08. The van der Waals surface area contributed by atoms with E-state index in [0.717, 1.165) is 19.0 Å². The molecule has 2 unspecified atom stereocenters. The van der Waals surface area contributed by atoms with Crippen LogP contribution >= 0.6 is 0 Å². The number of hydrogen-bond acceptors (Lipinski definition) is 3. The Bertz CT molecular complexity index is 197. The van der Waals surface area contributed by atoms with Gasteiger partial charge in [0, 0.05) is 13.1 Å². The van der Waals surface area contributed by atoms with Crippen molar-refractivity contribution < 1.29 is 9.90 Å². The topological polar surface area (TPSA) is 66.6 Å². The van der Waals surface area contributed by atoms with Gasteiger partial charge in [0.15, 0.2) is 0 Å². The molecule has 1 aliphatic rings. The molecule has 14 heavy (non-hydrogen) atoms. The lowest BCUT2D eigenvalue weighted by atomic mass is 10.0. The van der Waals surface area contributed by atoms with Crippen molar-refractivity contribution in [2.45, 2.75) is 32.2 Å². The molecule has 0 spiro atoms. The Morgan fingerprint density at radius 3 is 3.00 bits per heavy atom. The summed E-state index contributed by atoms with van der Waals surface area (Å²) in [6.07, 6.45) is 3.66. The quantitative estimate of drug-likeness (QED) is 0.679. The van der Waals surface area contributed by atoms with Crippen LogP contribution in [0, 0.1) is 5.92 Å². The van der Waals surface area contributed by atoms with E-state index in [-0.39, 0.29) is 0 Å². The van der Waals surface area contributed by atoms with E-state index in [9.17, 15) is 4.79 Å². The van der Waals surface area contributed by atoms with Gasteiger partial charge in [-0.3, -0.25) is 4.79 Å². The van der Waals surface area contributed by atoms with Crippen molar-refractivity contribution in [3.8, 4) is 0 Å². The van der Waals surface area contributed by atoms with E-state index < -0.39 is 12.0 Å². The van der Waals surface area contributed by atoms with Gasteiger partial charge in [0.2, 0.25) is 0 Å². The molecule has 0 aromatic carbocycles. The Labute approximate surface area is 85.1 Å². The highest BCUT2D eigenvalue weighted by Crippen LogP contribution is 2.20. The summed E-state index contributed by atoms with van der Waals surface area (Å²) in [5, 5.41) is 8.66. The molecule has 1 rings (SSSR count). The molecule has 0 radical (unpaired) electrons. The van der Waals surface area contributed by atoms with Gasteiger partial charge >= 0.3 is 5.97 Å². The molecule has 4 heteroatoms. The lowest BCUT2D eigenvalue weighted by Gasteiger charge is -2.18. The van der Waals surface area contributed by atoms with Gasteiger partial charge in [-0.2, -0.15) is 0 Å². The third kappa shape index (κ3) is 3.27. The fourth-order valence-corrected chi connectivity index (χ4v) is 2.08. The molecular formula is C10H20N2O2. The van der Waals surface area contributed by atoms with Crippen LogP contribution in [0.1, 0.15) is 26.2 Å². The Kier molecular flexibility index (Phi) is 4.35. The summed E-state index contributed by atoms with van der Waals surface area (Å²) in [5.41, 5.74) is 5.47. The zero-order chi connectivity index (χ0) is 10.6. The molecule has 82 valence electrons. The highest BCUT2D eigenvalue weighted by Gasteiger charge is 2.24. The number of nitrogens with zero attached hydrogens (tertiary/aromatic N) is 1. The van der Waals surface area contributed by atoms with Crippen LogP contribution in [-0.4, -0.2) is 41.7 Å². The normalized spacial score (nSPS) is 25.1. The Hall–Kier alpha value is -0.610. The molecule has 0 saturated carbocycles. The summed E-state index contributed by atoms with van der Waals surface area (Å²) >= 11 is 0. The summed E-state index contributed by atoms with van der Waals surface area (Å²) in [6, 6.07) is -0.727. The monoisotopic (exact) mass is 200 g/mol. The summed E-state index contributed by atoms with van der Waals surface area (Å²) in [4.78, 5) is 12.7. The van der Waals surface area contributed by atoms with Gasteiger partial charge in [0.25, 0.3) is 0 Å². The molecule has 1 saturated heterocycles. The molecule has 0 amide bonds. The molecular weight excluding hydrogens is 180 g/mol. The first-order chi connectivity index (χ1) is 6.63. The first-order valence-corrected chi connectivity index (χ1v) is 5.34. The third-order valence-electron chi connectivity index (χ3n) is 2.84. The van der Waals surface area contributed by atoms with Crippen molar-refractivity contribution in [1.82, 2.24) is 4.90 Å². The van der Waals surface area contributed by atoms with Crippen molar-refractivity contribution in [3.63, 3.8) is 0 Å². The van der Waals surface area contributed by atoms with E-state index in [4.69, 9.17) is 10.8 Å². The van der Waals surface area contributed by atoms with E-state index in [1.165, 1.54) is 19.3 Å². The molecule has 1 aliphatic heterocycles. The van der Waals surface area contributed by atoms with Gasteiger partial charge < -0.3 is 15.7 Å². The van der Waals surface area contributed by atoms with Crippen molar-refractivity contribution in [3.05, 3.63) is 0 Å². The number of hydrogen-bond donors (Lipinski definition) is 2. The maximum absolute atomic E-state index is 10.5. The summed E-state index contributed by atoms with van der Waals surface area (Å²) in [6.45, 7) is 4.71. The number of nitrogens with two attached hydrogens (primary N) is 1. The standard InChI is InChI=1S/C10H20N2O2/c1-2-3-8-4-5-12(6-8)7-9(11)10(13)14/h8-9H,2-7,11H2,1H3,(H,13,14).